The molecule has 2 nitrogen and oxygen atoms in total. The summed E-state index contributed by atoms with van der Waals surface area (Å²) in [6.45, 7) is 0. The molecule has 0 spiro atoms. The molecule has 0 saturated heterocycles. The number of rotatable bonds is 3. The molecule has 3 heteroatoms. The molecule has 0 N–H and O–H groups in total. The zero-order chi connectivity index (χ0) is 10.9. The predicted octanol–water partition coefficient (Wildman–Crippen LogP) is 2.32. The third kappa shape index (κ3) is 2.01. The summed E-state index contributed by atoms with van der Waals surface area (Å²) in [5.74, 6) is -0.431. The maximum absolute atomic E-state index is 12.9. The summed E-state index contributed by atoms with van der Waals surface area (Å²) in [6, 6.07) is 6.38. The Hall–Kier alpha value is -1.38. The van der Waals surface area contributed by atoms with Crippen LogP contribution in [0.1, 0.15) is 18.4 Å². The second-order valence-corrected chi connectivity index (χ2v) is 4.08. The number of esters is 1. The summed E-state index contributed by atoms with van der Waals surface area (Å²) in [6.07, 6.45) is 2.27. The molecular formula is C12H13FO2. The summed E-state index contributed by atoms with van der Waals surface area (Å²) in [7, 11) is 1.40. The van der Waals surface area contributed by atoms with Crippen molar-refractivity contribution in [3.05, 3.63) is 35.6 Å². The lowest BCUT2D eigenvalue weighted by molar-refractivity contribution is -0.147. The minimum absolute atomic E-state index is 0.174. The van der Waals surface area contributed by atoms with E-state index in [2.05, 4.69) is 0 Å². The number of ether oxygens (including phenoxy) is 1. The van der Waals surface area contributed by atoms with Gasteiger partial charge < -0.3 is 4.74 Å². The smallest absolute Gasteiger partial charge is 0.312 e. The highest BCUT2D eigenvalue weighted by molar-refractivity contribution is 5.80. The van der Waals surface area contributed by atoms with Crippen LogP contribution in [0, 0.1) is 11.2 Å². The van der Waals surface area contributed by atoms with Crippen LogP contribution >= 0.6 is 0 Å². The fourth-order valence-corrected chi connectivity index (χ4v) is 1.86. The fourth-order valence-electron chi connectivity index (χ4n) is 1.86. The highest BCUT2D eigenvalue weighted by Gasteiger charge is 2.50. The molecule has 1 aromatic carbocycles. The van der Waals surface area contributed by atoms with Crippen LogP contribution in [0.5, 0.6) is 0 Å². The average molecular weight is 208 g/mol. The molecule has 0 atom stereocenters. The number of halogens is 1. The molecular weight excluding hydrogens is 195 g/mol. The van der Waals surface area contributed by atoms with Crippen molar-refractivity contribution in [1.82, 2.24) is 0 Å². The summed E-state index contributed by atoms with van der Waals surface area (Å²) >= 11 is 0. The monoisotopic (exact) mass is 208 g/mol. The molecule has 0 heterocycles. The van der Waals surface area contributed by atoms with E-state index in [1.54, 1.807) is 6.07 Å². The summed E-state index contributed by atoms with van der Waals surface area (Å²) in [4.78, 5) is 11.5. The normalized spacial score (nSPS) is 17.2. The van der Waals surface area contributed by atoms with E-state index in [1.165, 1.54) is 19.2 Å². The number of hydrogen-bond acceptors (Lipinski definition) is 2. The van der Waals surface area contributed by atoms with E-state index in [1.807, 2.05) is 6.07 Å². The van der Waals surface area contributed by atoms with Gasteiger partial charge in [-0.25, -0.2) is 4.39 Å². The molecule has 1 aliphatic rings. The number of methoxy groups -OCH3 is 1. The van der Waals surface area contributed by atoms with Gasteiger partial charge in [-0.05, 0) is 37.0 Å². The lowest BCUT2D eigenvalue weighted by Crippen LogP contribution is -2.20. The first-order valence-corrected chi connectivity index (χ1v) is 4.99. The lowest BCUT2D eigenvalue weighted by atomic mass is 9.97. The highest BCUT2D eigenvalue weighted by atomic mass is 19.1. The molecule has 1 aromatic rings. The van der Waals surface area contributed by atoms with Gasteiger partial charge in [-0.3, -0.25) is 4.79 Å². The molecule has 1 saturated carbocycles. The van der Waals surface area contributed by atoms with Crippen molar-refractivity contribution < 1.29 is 13.9 Å². The molecule has 0 amide bonds. The van der Waals surface area contributed by atoms with Crippen molar-refractivity contribution in [3.63, 3.8) is 0 Å². The van der Waals surface area contributed by atoms with Crippen molar-refractivity contribution in [2.75, 3.05) is 7.11 Å². The highest BCUT2D eigenvalue weighted by Crippen LogP contribution is 2.49. The van der Waals surface area contributed by atoms with E-state index >= 15 is 0 Å². The molecule has 1 fully saturated rings. The molecule has 0 radical (unpaired) electrons. The van der Waals surface area contributed by atoms with Gasteiger partial charge in [-0.15, -0.1) is 0 Å². The van der Waals surface area contributed by atoms with Crippen LogP contribution in [0.3, 0.4) is 0 Å². The van der Waals surface area contributed by atoms with Crippen LogP contribution < -0.4 is 0 Å². The van der Waals surface area contributed by atoms with E-state index in [9.17, 15) is 9.18 Å². The Labute approximate surface area is 88.1 Å². The first-order chi connectivity index (χ1) is 7.16. The van der Waals surface area contributed by atoms with E-state index in [4.69, 9.17) is 4.74 Å². The molecule has 2 rings (SSSR count). The second-order valence-electron chi connectivity index (χ2n) is 4.08. The fraction of sp³-hybridized carbons (Fsp3) is 0.417. The van der Waals surface area contributed by atoms with E-state index in [0.717, 1.165) is 18.4 Å². The van der Waals surface area contributed by atoms with Crippen LogP contribution in [-0.2, 0) is 16.0 Å². The van der Waals surface area contributed by atoms with Gasteiger partial charge in [-0.2, -0.15) is 0 Å². The van der Waals surface area contributed by atoms with E-state index < -0.39 is 0 Å². The summed E-state index contributed by atoms with van der Waals surface area (Å²) in [5, 5.41) is 0. The quantitative estimate of drug-likeness (QED) is 0.712. The first-order valence-electron chi connectivity index (χ1n) is 4.99. The van der Waals surface area contributed by atoms with Crippen LogP contribution in [0.25, 0.3) is 0 Å². The molecule has 80 valence electrons. The van der Waals surface area contributed by atoms with Crippen LogP contribution in [0.2, 0.25) is 0 Å². The predicted molar refractivity (Wildman–Crippen MR) is 53.8 cm³/mol. The van der Waals surface area contributed by atoms with Gasteiger partial charge in [0.25, 0.3) is 0 Å². The van der Waals surface area contributed by atoms with Crippen molar-refractivity contribution in [2.24, 2.45) is 5.41 Å². The minimum atomic E-state index is -0.372. The molecule has 1 aliphatic carbocycles. The van der Waals surface area contributed by atoms with Crippen molar-refractivity contribution in [2.45, 2.75) is 19.3 Å². The Morgan fingerprint density at radius 2 is 2.27 bits per heavy atom. The van der Waals surface area contributed by atoms with Gasteiger partial charge in [0.1, 0.15) is 5.82 Å². The van der Waals surface area contributed by atoms with Crippen molar-refractivity contribution >= 4 is 5.97 Å². The summed E-state index contributed by atoms with van der Waals surface area (Å²) in [5.41, 5.74) is 0.487. The molecule has 15 heavy (non-hydrogen) atoms. The van der Waals surface area contributed by atoms with Gasteiger partial charge in [0.2, 0.25) is 0 Å². The Kier molecular flexibility index (Phi) is 2.47. The number of carbonyl (C=O) groups is 1. The topological polar surface area (TPSA) is 26.3 Å². The lowest BCUT2D eigenvalue weighted by Gasteiger charge is -2.12. The van der Waals surface area contributed by atoms with Crippen LogP contribution in [0.15, 0.2) is 24.3 Å². The van der Waals surface area contributed by atoms with Gasteiger partial charge in [0.05, 0.1) is 12.5 Å². The Morgan fingerprint density at radius 1 is 1.53 bits per heavy atom. The third-order valence-electron chi connectivity index (χ3n) is 2.90. The van der Waals surface area contributed by atoms with E-state index in [-0.39, 0.29) is 17.2 Å². The number of benzene rings is 1. The standard InChI is InChI=1S/C12H13FO2/c1-15-11(14)12(5-6-12)8-9-3-2-4-10(13)7-9/h2-4,7H,5-6,8H2,1H3. The SMILES string of the molecule is COC(=O)C1(Cc2cccc(F)c2)CC1. The van der Waals surface area contributed by atoms with Gasteiger partial charge in [-0.1, -0.05) is 12.1 Å². The van der Waals surface area contributed by atoms with Crippen LogP contribution in [0.4, 0.5) is 4.39 Å². The maximum atomic E-state index is 12.9. The van der Waals surface area contributed by atoms with E-state index in [0.29, 0.717) is 6.42 Å². The Bertz CT molecular complexity index is 383. The molecule has 0 bridgehead atoms. The second kappa shape index (κ2) is 3.65. The van der Waals surface area contributed by atoms with Gasteiger partial charge in [0, 0.05) is 0 Å². The zero-order valence-corrected chi connectivity index (χ0v) is 8.63. The zero-order valence-electron chi connectivity index (χ0n) is 8.63. The minimum Gasteiger partial charge on any atom is -0.469 e. The van der Waals surface area contributed by atoms with Gasteiger partial charge in [0.15, 0.2) is 0 Å². The van der Waals surface area contributed by atoms with Crippen molar-refractivity contribution in [3.8, 4) is 0 Å². The largest absolute Gasteiger partial charge is 0.469 e. The Morgan fingerprint density at radius 3 is 2.80 bits per heavy atom. The molecule has 0 aliphatic heterocycles. The average Bonchev–Trinajstić information content (AvgIpc) is 2.98. The van der Waals surface area contributed by atoms with Crippen LogP contribution in [-0.4, -0.2) is 13.1 Å². The summed E-state index contributed by atoms with van der Waals surface area (Å²) < 4.78 is 17.7. The Balaban J connectivity index is 2.12. The first kappa shape index (κ1) is 10.1. The number of hydrogen-bond donors (Lipinski definition) is 0. The maximum Gasteiger partial charge on any atom is 0.312 e. The molecule has 0 unspecified atom stereocenters. The molecule has 0 aromatic heterocycles. The number of carbonyl (C=O) groups excluding carboxylic acids is 1. The third-order valence-corrected chi connectivity index (χ3v) is 2.90. The van der Waals surface area contributed by atoms with Gasteiger partial charge >= 0.3 is 5.97 Å². The van der Waals surface area contributed by atoms with Crippen molar-refractivity contribution in [1.29, 1.82) is 0 Å².